The first-order valence-corrected chi connectivity index (χ1v) is 7.65. The Morgan fingerprint density at radius 2 is 2.67 bits per heavy atom. The summed E-state index contributed by atoms with van der Waals surface area (Å²) in [6.45, 7) is 1.21. The molecule has 3 heteroatoms. The van der Waals surface area contributed by atoms with Crippen LogP contribution in [0.25, 0.3) is 0 Å². The molecular weight excluding hydrogens is 182 g/mol. The molecule has 0 aromatic carbocycles. The van der Waals surface area contributed by atoms with Gasteiger partial charge in [0.2, 0.25) is 0 Å². The van der Waals surface area contributed by atoms with Gasteiger partial charge in [-0.15, -0.1) is 0 Å². The molecule has 0 aromatic rings. The minimum absolute atomic E-state index is 0.708. The molecule has 36 valence electrons. The summed E-state index contributed by atoms with van der Waals surface area (Å²) >= 11 is -1.51. The van der Waals surface area contributed by atoms with Crippen LogP contribution in [0.5, 0.6) is 0 Å². The number of rotatable bonds is 2. The van der Waals surface area contributed by atoms with E-state index in [1.807, 2.05) is 0 Å². The molecule has 0 rings (SSSR count). The van der Waals surface area contributed by atoms with Crippen LogP contribution < -0.4 is 0 Å². The van der Waals surface area contributed by atoms with Gasteiger partial charge in [-0.25, -0.2) is 0 Å². The quantitative estimate of drug-likeness (QED) is 0.459. The molecule has 0 fully saturated rings. The third-order valence-electron chi connectivity index (χ3n) is 0.243. The van der Waals surface area contributed by atoms with Crippen LogP contribution in [0.3, 0.4) is 0 Å². The van der Waals surface area contributed by atoms with Crippen molar-refractivity contribution in [3.05, 3.63) is 12.6 Å². The van der Waals surface area contributed by atoms with Crippen molar-refractivity contribution >= 4 is 32.7 Å². The zero-order valence-corrected chi connectivity index (χ0v) is 6.45. The summed E-state index contributed by atoms with van der Waals surface area (Å²) < 4.78 is 6.52. The van der Waals surface area contributed by atoms with Gasteiger partial charge in [-0.1, -0.05) is 0 Å². The third kappa shape index (κ3) is 4.88. The number of hydrogen-bond acceptors (Lipinski definition) is 0. The van der Waals surface area contributed by atoms with Crippen molar-refractivity contribution in [2.24, 2.45) is 0 Å². The first-order valence-electron chi connectivity index (χ1n) is 1.97. The maximum absolute atomic E-state index is 6.52. The van der Waals surface area contributed by atoms with Crippen molar-refractivity contribution in [2.45, 2.75) is 5.21 Å². The Bertz CT molecular complexity index is 64.0. The molecule has 0 radical (unpaired) electrons. The topological polar surface area (TPSA) is 0 Å². The van der Waals surface area contributed by atoms with Crippen molar-refractivity contribution in [1.82, 2.24) is 0 Å². The van der Waals surface area contributed by atoms with E-state index in [0.717, 1.165) is 0 Å². The summed E-state index contributed by atoms with van der Waals surface area (Å²) in [7, 11) is 10.9. The molecule has 0 nitrogen and oxygen atoms in total. The monoisotopic (exact) mass is 187 g/mol. The van der Waals surface area contributed by atoms with Gasteiger partial charge in [-0.2, -0.15) is 0 Å². The van der Waals surface area contributed by atoms with E-state index in [1.165, 1.54) is 6.55 Å². The van der Waals surface area contributed by atoms with Crippen LogP contribution in [0.15, 0.2) is 12.6 Å². The molecule has 0 amide bonds. The van der Waals surface area contributed by atoms with Gasteiger partial charge in [0.15, 0.2) is 0 Å². The Labute approximate surface area is 52.1 Å². The van der Waals surface area contributed by atoms with Crippen LogP contribution in [0.4, 0.5) is 0 Å². The third-order valence-corrected chi connectivity index (χ3v) is 2.70. The van der Waals surface area contributed by atoms with E-state index in [9.17, 15) is 0 Å². The Hall–Kier alpha value is 0.878. The Balaban J connectivity index is 2.97. The van der Waals surface area contributed by atoms with Gasteiger partial charge < -0.3 is 0 Å². The van der Waals surface area contributed by atoms with Gasteiger partial charge in [0.1, 0.15) is 0 Å². The SMILES string of the molecule is [2H]C=CC[As](Cl)Cl. The van der Waals surface area contributed by atoms with E-state index in [-0.39, 0.29) is 0 Å². The van der Waals surface area contributed by atoms with Crippen LogP contribution in [0.2, 0.25) is 5.21 Å². The Morgan fingerprint density at radius 1 is 2.00 bits per heavy atom. The summed E-state index contributed by atoms with van der Waals surface area (Å²) in [6.07, 6.45) is 1.67. The Kier molecular flexibility index (Phi) is 3.39. The van der Waals surface area contributed by atoms with Gasteiger partial charge in [-0.3, -0.25) is 0 Å². The van der Waals surface area contributed by atoms with Crippen molar-refractivity contribution in [2.75, 3.05) is 0 Å². The fourth-order valence-electron chi connectivity index (χ4n) is 0.0797. The molecule has 0 aromatic heterocycles. The second kappa shape index (κ2) is 4.05. The van der Waals surface area contributed by atoms with E-state index in [4.69, 9.17) is 21.3 Å². The predicted molar refractivity (Wildman–Crippen MR) is 32.5 cm³/mol. The van der Waals surface area contributed by atoms with Crippen molar-refractivity contribution in [1.29, 1.82) is 0 Å². The fourth-order valence-corrected chi connectivity index (χ4v) is 1.24. The van der Waals surface area contributed by atoms with E-state index in [1.54, 1.807) is 6.08 Å². The van der Waals surface area contributed by atoms with Gasteiger partial charge in [0.05, 0.1) is 0 Å². The summed E-state index contributed by atoms with van der Waals surface area (Å²) in [5.74, 6) is 0. The summed E-state index contributed by atoms with van der Waals surface area (Å²) in [6, 6.07) is 0. The van der Waals surface area contributed by atoms with Crippen molar-refractivity contribution in [3.8, 4) is 0 Å². The van der Waals surface area contributed by atoms with Crippen molar-refractivity contribution < 1.29 is 1.37 Å². The van der Waals surface area contributed by atoms with E-state index in [0.29, 0.717) is 5.21 Å². The summed E-state index contributed by atoms with van der Waals surface area (Å²) in [4.78, 5) is 0. The normalized spacial score (nSPS) is 13.5. The standard InChI is InChI=1S/C3H5AsCl2/c1-2-3-4(5)6/h2H,1,3H2/i1D. The second-order valence-electron chi connectivity index (χ2n) is 0.721. The molecule has 0 unspecified atom stereocenters. The van der Waals surface area contributed by atoms with Gasteiger partial charge in [-0.05, 0) is 0 Å². The molecule has 0 spiro atoms. The number of hydrogen-bond donors (Lipinski definition) is 0. The predicted octanol–water partition coefficient (Wildman–Crippen LogP) is 2.14. The van der Waals surface area contributed by atoms with Crippen LogP contribution in [0.1, 0.15) is 1.37 Å². The van der Waals surface area contributed by atoms with Crippen LogP contribution >= 0.6 is 19.9 Å². The minimum atomic E-state index is -1.51. The van der Waals surface area contributed by atoms with Gasteiger partial charge in [0, 0.05) is 0 Å². The average Bonchev–Trinajstić information content (AvgIpc) is 1.61. The second-order valence-corrected chi connectivity index (χ2v) is 7.90. The van der Waals surface area contributed by atoms with E-state index >= 15 is 0 Å². The molecule has 0 atom stereocenters. The first-order chi connectivity index (χ1) is 3.27. The summed E-state index contributed by atoms with van der Waals surface area (Å²) in [5, 5.41) is 0.708. The molecule has 0 N–H and O–H groups in total. The number of halogens is 2. The van der Waals surface area contributed by atoms with Crippen LogP contribution in [0, 0.1) is 0 Å². The molecule has 0 aliphatic heterocycles. The zero-order valence-electron chi connectivity index (χ0n) is 4.06. The number of allylic oxidation sites excluding steroid dienone is 1. The molecule has 0 saturated carbocycles. The van der Waals surface area contributed by atoms with Crippen LogP contribution in [-0.4, -0.2) is 12.8 Å². The summed E-state index contributed by atoms with van der Waals surface area (Å²) in [5.41, 5.74) is 0. The Morgan fingerprint density at radius 3 is 2.83 bits per heavy atom. The average molecular weight is 188 g/mol. The molecule has 0 heterocycles. The molecule has 0 aliphatic carbocycles. The fraction of sp³-hybridized carbons (Fsp3) is 0.333. The van der Waals surface area contributed by atoms with Gasteiger partial charge >= 0.3 is 51.9 Å². The van der Waals surface area contributed by atoms with E-state index < -0.39 is 12.8 Å². The maximum atomic E-state index is 6.52. The van der Waals surface area contributed by atoms with Gasteiger partial charge in [0.25, 0.3) is 0 Å². The molecule has 0 bridgehead atoms. The zero-order chi connectivity index (χ0) is 5.70. The molecule has 0 aliphatic rings. The molecule has 6 heavy (non-hydrogen) atoms. The van der Waals surface area contributed by atoms with Crippen LogP contribution in [-0.2, 0) is 0 Å². The van der Waals surface area contributed by atoms with E-state index in [2.05, 4.69) is 0 Å². The molecular formula is C3H5AsCl2. The first kappa shape index (κ1) is 5.02. The van der Waals surface area contributed by atoms with Crippen molar-refractivity contribution in [3.63, 3.8) is 0 Å². The molecule has 0 saturated heterocycles.